The molecule has 0 aromatic carbocycles. The molecule has 0 fully saturated rings. The monoisotopic (exact) mass is 285 g/mol. The molecule has 0 bridgehead atoms. The van der Waals surface area contributed by atoms with Crippen LogP contribution in [0.3, 0.4) is 0 Å². The minimum Gasteiger partial charge on any atom is -0.372 e. The van der Waals surface area contributed by atoms with Crippen LogP contribution in [0, 0.1) is 18.3 Å². The summed E-state index contributed by atoms with van der Waals surface area (Å²) in [4.78, 5) is 0. The third-order valence-corrected chi connectivity index (χ3v) is 3.76. The van der Waals surface area contributed by atoms with E-state index in [1.807, 2.05) is 13.0 Å². The zero-order chi connectivity index (χ0) is 16.4. The van der Waals surface area contributed by atoms with Gasteiger partial charge in [0.1, 0.15) is 0 Å². The predicted molar refractivity (Wildman–Crippen MR) is 95.9 cm³/mol. The Bertz CT molecular complexity index is 453. The average Bonchev–Trinajstić information content (AvgIpc) is 2.45. The summed E-state index contributed by atoms with van der Waals surface area (Å²) in [5.41, 5.74) is 4.40. The number of hydrogen-bond donors (Lipinski definition) is 1. The van der Waals surface area contributed by atoms with Gasteiger partial charge < -0.3 is 5.32 Å². The number of allylic oxidation sites excluding steroid dienone is 4. The van der Waals surface area contributed by atoms with Gasteiger partial charge in [-0.25, -0.2) is 0 Å². The van der Waals surface area contributed by atoms with Crippen LogP contribution in [0.2, 0.25) is 0 Å². The van der Waals surface area contributed by atoms with Crippen molar-refractivity contribution >= 4 is 0 Å². The van der Waals surface area contributed by atoms with Gasteiger partial charge in [0.05, 0.1) is 6.04 Å². The van der Waals surface area contributed by atoms with E-state index in [0.717, 1.165) is 23.6 Å². The summed E-state index contributed by atoms with van der Waals surface area (Å²) in [6.07, 6.45) is 13.1. The molecule has 1 nitrogen and oxygen atoms in total. The predicted octanol–water partition coefficient (Wildman–Crippen LogP) is 5.39. The Labute approximate surface area is 131 Å². The van der Waals surface area contributed by atoms with Gasteiger partial charge in [0.15, 0.2) is 0 Å². The van der Waals surface area contributed by atoms with Crippen LogP contribution >= 0.6 is 0 Å². The van der Waals surface area contributed by atoms with Gasteiger partial charge >= 0.3 is 0 Å². The molecule has 0 aliphatic rings. The lowest BCUT2D eigenvalue weighted by Crippen LogP contribution is -2.23. The second-order valence-electron chi connectivity index (χ2n) is 5.95. The zero-order valence-corrected chi connectivity index (χ0v) is 14.4. The first-order chi connectivity index (χ1) is 9.81. The van der Waals surface area contributed by atoms with Gasteiger partial charge in [-0.1, -0.05) is 57.1 Å². The van der Waals surface area contributed by atoms with E-state index in [-0.39, 0.29) is 6.04 Å². The molecule has 0 aliphatic carbocycles. The molecule has 1 heteroatoms. The minimum atomic E-state index is -0.0315. The molecular formula is C20H31N. The van der Waals surface area contributed by atoms with Gasteiger partial charge in [-0.3, -0.25) is 0 Å². The molecule has 0 aliphatic heterocycles. The molecule has 0 aromatic rings. The quantitative estimate of drug-likeness (QED) is 0.442. The van der Waals surface area contributed by atoms with Crippen LogP contribution in [0.25, 0.3) is 0 Å². The molecule has 0 rings (SSSR count). The molecule has 0 spiro atoms. The summed E-state index contributed by atoms with van der Waals surface area (Å²) in [6, 6.07) is -0.0315. The van der Waals surface area contributed by atoms with E-state index in [0.29, 0.717) is 0 Å². The van der Waals surface area contributed by atoms with Gasteiger partial charge in [0.25, 0.3) is 0 Å². The molecule has 2 unspecified atom stereocenters. The molecule has 0 heterocycles. The maximum Gasteiger partial charge on any atom is 0.0845 e. The summed E-state index contributed by atoms with van der Waals surface area (Å²) in [7, 11) is 0. The van der Waals surface area contributed by atoms with E-state index in [9.17, 15) is 0 Å². The number of nitrogens with one attached hydrogen (secondary N) is 1. The fourth-order valence-corrected chi connectivity index (χ4v) is 1.80. The molecule has 0 saturated carbocycles. The number of hydrogen-bond acceptors (Lipinski definition) is 1. The van der Waals surface area contributed by atoms with E-state index >= 15 is 0 Å². The Hall–Kier alpha value is -1.68. The standard InChI is InChI=1S/C20H31N/c1-9-16(5)11-13-20(15(3)4)14-12-17(6)19(8)21-18(7)10-2/h2,12,14,16,18,21H,6,8-9,11,13H2,1,3-5,7H3/b14-12-. The molecular weight excluding hydrogens is 254 g/mol. The van der Waals surface area contributed by atoms with E-state index in [2.05, 4.69) is 58.2 Å². The summed E-state index contributed by atoms with van der Waals surface area (Å²) in [6.45, 7) is 18.8. The molecule has 0 aromatic heterocycles. The van der Waals surface area contributed by atoms with Gasteiger partial charge in [0.2, 0.25) is 0 Å². The van der Waals surface area contributed by atoms with Gasteiger partial charge in [-0.15, -0.1) is 6.42 Å². The first-order valence-electron chi connectivity index (χ1n) is 7.77. The Kier molecular flexibility index (Phi) is 9.30. The van der Waals surface area contributed by atoms with Crippen LogP contribution in [0.4, 0.5) is 0 Å². The van der Waals surface area contributed by atoms with Crippen molar-refractivity contribution in [3.8, 4) is 12.3 Å². The Morgan fingerprint density at radius 2 is 1.86 bits per heavy atom. The highest BCUT2D eigenvalue weighted by molar-refractivity contribution is 5.39. The smallest absolute Gasteiger partial charge is 0.0845 e. The summed E-state index contributed by atoms with van der Waals surface area (Å²) < 4.78 is 0. The molecule has 2 atom stereocenters. The van der Waals surface area contributed by atoms with Crippen LogP contribution in [-0.2, 0) is 0 Å². The van der Waals surface area contributed by atoms with Crippen molar-refractivity contribution in [3.05, 3.63) is 47.7 Å². The first-order valence-corrected chi connectivity index (χ1v) is 7.77. The van der Waals surface area contributed by atoms with Crippen molar-refractivity contribution < 1.29 is 0 Å². The highest BCUT2D eigenvalue weighted by atomic mass is 14.9. The van der Waals surface area contributed by atoms with Crippen molar-refractivity contribution in [1.29, 1.82) is 0 Å². The second-order valence-corrected chi connectivity index (χ2v) is 5.95. The lowest BCUT2D eigenvalue weighted by atomic mass is 9.96. The van der Waals surface area contributed by atoms with E-state index < -0.39 is 0 Å². The summed E-state index contributed by atoms with van der Waals surface area (Å²) >= 11 is 0. The lowest BCUT2D eigenvalue weighted by molar-refractivity contribution is 0.517. The SMILES string of the molecule is C#CC(C)NC(=C)C(=C)/C=C\C(CCC(C)CC)=C(C)C. The zero-order valence-electron chi connectivity index (χ0n) is 14.4. The Morgan fingerprint density at radius 1 is 1.24 bits per heavy atom. The van der Waals surface area contributed by atoms with Crippen LogP contribution in [0.15, 0.2) is 47.7 Å². The molecule has 0 radical (unpaired) electrons. The molecule has 0 amide bonds. The Balaban J connectivity index is 4.66. The highest BCUT2D eigenvalue weighted by Crippen LogP contribution is 2.19. The second kappa shape index (κ2) is 10.1. The first kappa shape index (κ1) is 19.3. The van der Waals surface area contributed by atoms with E-state index in [1.54, 1.807) is 0 Å². The van der Waals surface area contributed by atoms with Crippen LogP contribution < -0.4 is 5.32 Å². The fraction of sp³-hybridized carbons (Fsp3) is 0.500. The van der Waals surface area contributed by atoms with Crippen molar-refractivity contribution in [2.24, 2.45) is 5.92 Å². The number of rotatable bonds is 9. The fourth-order valence-electron chi connectivity index (χ4n) is 1.80. The maximum absolute atomic E-state index is 5.35. The molecule has 21 heavy (non-hydrogen) atoms. The van der Waals surface area contributed by atoms with Crippen LogP contribution in [0.5, 0.6) is 0 Å². The van der Waals surface area contributed by atoms with Gasteiger partial charge in [0, 0.05) is 5.70 Å². The summed E-state index contributed by atoms with van der Waals surface area (Å²) in [5, 5.41) is 3.14. The molecule has 0 saturated heterocycles. The van der Waals surface area contributed by atoms with E-state index in [4.69, 9.17) is 6.42 Å². The van der Waals surface area contributed by atoms with Crippen molar-refractivity contribution in [2.75, 3.05) is 0 Å². The summed E-state index contributed by atoms with van der Waals surface area (Å²) in [5.74, 6) is 3.39. The van der Waals surface area contributed by atoms with Gasteiger partial charge in [-0.05, 0) is 50.7 Å². The van der Waals surface area contributed by atoms with Crippen molar-refractivity contribution in [1.82, 2.24) is 5.32 Å². The van der Waals surface area contributed by atoms with Gasteiger partial charge in [-0.2, -0.15) is 0 Å². The molecule has 116 valence electrons. The van der Waals surface area contributed by atoms with E-state index in [1.165, 1.54) is 24.0 Å². The van der Waals surface area contributed by atoms with Crippen molar-refractivity contribution in [2.45, 2.75) is 59.9 Å². The van der Waals surface area contributed by atoms with Crippen LogP contribution in [-0.4, -0.2) is 6.04 Å². The minimum absolute atomic E-state index is 0.0315. The topological polar surface area (TPSA) is 12.0 Å². The van der Waals surface area contributed by atoms with Crippen molar-refractivity contribution in [3.63, 3.8) is 0 Å². The highest BCUT2D eigenvalue weighted by Gasteiger charge is 2.03. The maximum atomic E-state index is 5.35. The Morgan fingerprint density at radius 3 is 2.33 bits per heavy atom. The van der Waals surface area contributed by atoms with Crippen LogP contribution in [0.1, 0.15) is 53.9 Å². The lowest BCUT2D eigenvalue weighted by Gasteiger charge is -2.13. The normalized spacial score (nSPS) is 13.3. The molecule has 1 N–H and O–H groups in total. The number of terminal acetylenes is 1. The third-order valence-electron chi connectivity index (χ3n) is 3.76. The largest absolute Gasteiger partial charge is 0.372 e. The average molecular weight is 285 g/mol. The third kappa shape index (κ3) is 8.25.